The van der Waals surface area contributed by atoms with E-state index in [9.17, 15) is 23.1 Å². The number of sulfone groups is 1. The summed E-state index contributed by atoms with van der Waals surface area (Å²) in [5, 5.41) is 24.7. The van der Waals surface area contributed by atoms with Gasteiger partial charge in [0, 0.05) is 30.9 Å². The summed E-state index contributed by atoms with van der Waals surface area (Å²) >= 11 is 0. The van der Waals surface area contributed by atoms with Crippen molar-refractivity contribution in [2.24, 2.45) is 0 Å². The zero-order chi connectivity index (χ0) is 29.0. The van der Waals surface area contributed by atoms with Gasteiger partial charge in [-0.3, -0.25) is 14.7 Å². The van der Waals surface area contributed by atoms with Gasteiger partial charge in [0.05, 0.1) is 24.3 Å². The molecule has 0 saturated carbocycles. The summed E-state index contributed by atoms with van der Waals surface area (Å²) in [7, 11) is -3.41. The molecule has 0 aliphatic rings. The van der Waals surface area contributed by atoms with E-state index >= 15 is 0 Å². The molecule has 0 aliphatic heterocycles. The quantitative estimate of drug-likeness (QED) is 0.180. The van der Waals surface area contributed by atoms with Crippen LogP contribution in [0.1, 0.15) is 56.1 Å². The van der Waals surface area contributed by atoms with Crippen LogP contribution in [0.5, 0.6) is 11.5 Å². The van der Waals surface area contributed by atoms with Crippen LogP contribution in [0.25, 0.3) is 11.1 Å². The molecule has 0 unspecified atom stereocenters. The summed E-state index contributed by atoms with van der Waals surface area (Å²) in [6.45, 7) is 0.702. The maximum Gasteiger partial charge on any atom is 0.303 e. The van der Waals surface area contributed by atoms with Crippen LogP contribution in [0, 0.1) is 0 Å². The monoisotopic (exact) mass is 572 g/mol. The van der Waals surface area contributed by atoms with Crippen LogP contribution < -0.4 is 9.47 Å². The molecule has 40 heavy (non-hydrogen) atoms. The van der Waals surface area contributed by atoms with Crippen molar-refractivity contribution in [2.75, 3.05) is 19.5 Å². The summed E-state index contributed by atoms with van der Waals surface area (Å²) in [5.41, 5.74) is 3.38. The average Bonchev–Trinajstić information content (AvgIpc) is 3.44. The Kier molecular flexibility index (Phi) is 11.6. The Hall–Kier alpha value is -3.86. The SMILES string of the molecule is CS(=O)(=O)c1cc(OCCCCCCc2cccc(OCCCC(=O)O)c2CCC(=O)O)cc(-c2cn[nH]c2)c1. The third kappa shape index (κ3) is 10.0. The highest BCUT2D eigenvalue weighted by molar-refractivity contribution is 7.90. The van der Waals surface area contributed by atoms with Crippen molar-refractivity contribution in [2.45, 2.75) is 62.7 Å². The molecule has 10 nitrogen and oxygen atoms in total. The number of hydrogen-bond donors (Lipinski definition) is 3. The third-order valence-electron chi connectivity index (χ3n) is 6.36. The highest BCUT2D eigenvalue weighted by Crippen LogP contribution is 2.29. The molecule has 0 radical (unpaired) electrons. The molecule has 0 spiro atoms. The minimum absolute atomic E-state index is 0.0112. The van der Waals surface area contributed by atoms with Crippen LogP contribution in [-0.2, 0) is 32.3 Å². The lowest BCUT2D eigenvalue weighted by Crippen LogP contribution is -2.07. The molecule has 3 rings (SSSR count). The summed E-state index contributed by atoms with van der Waals surface area (Å²) in [5.74, 6) is -0.660. The zero-order valence-corrected chi connectivity index (χ0v) is 23.4. The lowest BCUT2D eigenvalue weighted by Gasteiger charge is -2.15. The molecule has 0 fully saturated rings. The second kappa shape index (κ2) is 15.1. The smallest absolute Gasteiger partial charge is 0.303 e. The van der Waals surface area contributed by atoms with Crippen molar-refractivity contribution in [1.29, 1.82) is 0 Å². The van der Waals surface area contributed by atoms with Gasteiger partial charge >= 0.3 is 11.9 Å². The van der Waals surface area contributed by atoms with Gasteiger partial charge in [-0.25, -0.2) is 8.42 Å². The van der Waals surface area contributed by atoms with Gasteiger partial charge in [-0.15, -0.1) is 0 Å². The van der Waals surface area contributed by atoms with Crippen LogP contribution in [0.4, 0.5) is 0 Å². The number of ether oxygens (including phenoxy) is 2. The van der Waals surface area contributed by atoms with E-state index in [4.69, 9.17) is 14.6 Å². The molecule has 3 N–H and O–H groups in total. The van der Waals surface area contributed by atoms with E-state index in [1.165, 1.54) is 12.3 Å². The number of hydrogen-bond acceptors (Lipinski definition) is 7. The first-order valence-corrected chi connectivity index (χ1v) is 15.2. The number of carboxylic acids is 2. The molecular weight excluding hydrogens is 536 g/mol. The van der Waals surface area contributed by atoms with Crippen LogP contribution >= 0.6 is 0 Å². The van der Waals surface area contributed by atoms with Crippen molar-refractivity contribution in [3.8, 4) is 22.6 Å². The topological polar surface area (TPSA) is 156 Å². The molecular formula is C29H36N2O8S. The number of rotatable bonds is 18. The summed E-state index contributed by atoms with van der Waals surface area (Å²) < 4.78 is 36.0. The Morgan fingerprint density at radius 1 is 0.875 bits per heavy atom. The van der Waals surface area contributed by atoms with Crippen molar-refractivity contribution < 1.29 is 37.7 Å². The highest BCUT2D eigenvalue weighted by atomic mass is 32.2. The average molecular weight is 573 g/mol. The molecule has 11 heteroatoms. The predicted molar refractivity (Wildman–Crippen MR) is 150 cm³/mol. The number of aryl methyl sites for hydroxylation is 1. The summed E-state index contributed by atoms with van der Waals surface area (Å²) in [6, 6.07) is 10.6. The van der Waals surface area contributed by atoms with Gasteiger partial charge in [0.25, 0.3) is 0 Å². The zero-order valence-electron chi connectivity index (χ0n) is 22.6. The number of aromatic nitrogens is 2. The molecule has 1 heterocycles. The predicted octanol–water partition coefficient (Wildman–Crippen LogP) is 4.92. The summed E-state index contributed by atoms with van der Waals surface area (Å²) in [4.78, 5) is 22.1. The molecule has 0 aliphatic carbocycles. The lowest BCUT2D eigenvalue weighted by atomic mass is 9.97. The van der Waals surface area contributed by atoms with Gasteiger partial charge in [0.15, 0.2) is 9.84 Å². The number of H-pyrrole nitrogens is 1. The molecule has 1 aromatic heterocycles. The summed E-state index contributed by atoms with van der Waals surface area (Å²) in [6.07, 6.45) is 9.53. The first-order chi connectivity index (χ1) is 19.1. The van der Waals surface area contributed by atoms with Gasteiger partial charge in [-0.1, -0.05) is 25.0 Å². The number of carbonyl (C=O) groups is 2. The Balaban J connectivity index is 1.50. The molecule has 0 amide bonds. The van der Waals surface area contributed by atoms with Gasteiger partial charge in [-0.05, 0) is 73.1 Å². The first-order valence-electron chi connectivity index (χ1n) is 13.3. The second-order valence-electron chi connectivity index (χ2n) is 9.60. The lowest BCUT2D eigenvalue weighted by molar-refractivity contribution is -0.138. The van der Waals surface area contributed by atoms with Crippen LogP contribution in [-0.4, -0.2) is 60.2 Å². The molecule has 3 aromatic rings. The third-order valence-corrected chi connectivity index (χ3v) is 7.45. The fourth-order valence-electron chi connectivity index (χ4n) is 4.31. The minimum atomic E-state index is -3.41. The Morgan fingerprint density at radius 2 is 1.62 bits per heavy atom. The number of nitrogens with one attached hydrogen (secondary N) is 1. The van der Waals surface area contributed by atoms with Crippen molar-refractivity contribution in [3.63, 3.8) is 0 Å². The normalized spacial score (nSPS) is 11.3. The van der Waals surface area contributed by atoms with Gasteiger partial charge < -0.3 is 19.7 Å². The van der Waals surface area contributed by atoms with Crippen LogP contribution in [0.15, 0.2) is 53.7 Å². The minimum Gasteiger partial charge on any atom is -0.494 e. The van der Waals surface area contributed by atoms with Gasteiger partial charge in [0.2, 0.25) is 0 Å². The van der Waals surface area contributed by atoms with E-state index in [1.807, 2.05) is 12.1 Å². The Labute approximate surface area is 234 Å². The first kappa shape index (κ1) is 30.7. The second-order valence-corrected chi connectivity index (χ2v) is 11.6. The largest absolute Gasteiger partial charge is 0.494 e. The molecule has 216 valence electrons. The number of carboxylic acid groups (broad SMARTS) is 2. The van der Waals surface area contributed by atoms with Crippen molar-refractivity contribution in [3.05, 3.63) is 59.9 Å². The fraction of sp³-hybridized carbons (Fsp3) is 0.414. The van der Waals surface area contributed by atoms with Gasteiger partial charge in [0.1, 0.15) is 11.5 Å². The number of nitrogens with zero attached hydrogens (tertiary/aromatic N) is 1. The van der Waals surface area contributed by atoms with Crippen LogP contribution in [0.2, 0.25) is 0 Å². The maximum absolute atomic E-state index is 12.1. The number of aromatic amines is 1. The highest BCUT2D eigenvalue weighted by Gasteiger charge is 2.14. The Morgan fingerprint density at radius 3 is 2.33 bits per heavy atom. The Bertz CT molecular complexity index is 1370. The van der Waals surface area contributed by atoms with E-state index in [-0.39, 0.29) is 24.3 Å². The molecule has 0 atom stereocenters. The van der Waals surface area contributed by atoms with Crippen molar-refractivity contribution in [1.82, 2.24) is 10.2 Å². The standard InChI is InChI=1S/C29H36N2O8S/c1-40(36,37)25-17-22(23-19-30-31-20-23)16-24(18-25)38-14-5-3-2-4-8-21-9-6-10-27(26(21)12-13-29(34)35)39-15-7-11-28(32)33/h6,9-10,16-20H,2-5,7-8,11-15H2,1H3,(H,30,31)(H,32,33)(H,34,35). The molecule has 0 bridgehead atoms. The van der Waals surface area contributed by atoms with E-state index in [0.29, 0.717) is 36.5 Å². The van der Waals surface area contributed by atoms with E-state index in [0.717, 1.165) is 48.8 Å². The van der Waals surface area contributed by atoms with E-state index in [1.54, 1.807) is 30.6 Å². The van der Waals surface area contributed by atoms with Crippen LogP contribution in [0.3, 0.4) is 0 Å². The number of benzene rings is 2. The molecule has 0 saturated heterocycles. The number of aliphatic carboxylic acids is 2. The molecule has 2 aromatic carbocycles. The van der Waals surface area contributed by atoms with Gasteiger partial charge in [-0.2, -0.15) is 5.10 Å². The number of unbranched alkanes of at least 4 members (excludes halogenated alkanes) is 3. The fourth-order valence-corrected chi connectivity index (χ4v) is 4.98. The van der Waals surface area contributed by atoms with E-state index in [2.05, 4.69) is 10.2 Å². The van der Waals surface area contributed by atoms with Crippen molar-refractivity contribution >= 4 is 21.8 Å². The maximum atomic E-state index is 12.1. The van der Waals surface area contributed by atoms with E-state index < -0.39 is 21.8 Å².